The Kier molecular flexibility index (Phi) is 9.49. The number of benzene rings is 1. The maximum Gasteiger partial charge on any atom is 0.407 e. The highest BCUT2D eigenvalue weighted by Crippen LogP contribution is 2.28. The Morgan fingerprint density at radius 2 is 1.95 bits per heavy atom. The van der Waals surface area contributed by atoms with Crippen molar-refractivity contribution in [2.24, 2.45) is 12.5 Å². The predicted octanol–water partition coefficient (Wildman–Crippen LogP) is 4.75. The molecule has 1 aromatic carbocycles. The highest BCUT2D eigenvalue weighted by atomic mass is 28.3. The van der Waals surface area contributed by atoms with Gasteiger partial charge in [-0.1, -0.05) is 57.8 Å². The third kappa shape index (κ3) is 7.81. The number of nitrogens with zero attached hydrogens (tertiary/aromatic N) is 2. The Morgan fingerprint density at radius 3 is 2.69 bits per heavy atom. The summed E-state index contributed by atoms with van der Waals surface area (Å²) >= 11 is 0. The smallest absolute Gasteiger partial charge is 0.407 e. The second-order valence-electron chi connectivity index (χ2n) is 13.2. The summed E-state index contributed by atoms with van der Waals surface area (Å²) in [5.41, 5.74) is 1.96. The van der Waals surface area contributed by atoms with Gasteiger partial charge in [0.2, 0.25) is 5.91 Å². The third-order valence-corrected chi connectivity index (χ3v) is 9.52. The first-order chi connectivity index (χ1) is 19.7. The fraction of sp³-hybridized carbons (Fsp3) is 0.548. The van der Waals surface area contributed by atoms with Crippen molar-refractivity contribution in [2.45, 2.75) is 70.9 Å². The van der Waals surface area contributed by atoms with Crippen molar-refractivity contribution in [3.05, 3.63) is 41.6 Å². The van der Waals surface area contributed by atoms with Crippen LogP contribution in [0.5, 0.6) is 0 Å². The summed E-state index contributed by atoms with van der Waals surface area (Å²) in [5.74, 6) is -1.55. The Balaban J connectivity index is 1.61. The number of aryl methyl sites for hydroxylation is 1. The highest BCUT2D eigenvalue weighted by Gasteiger charge is 2.42. The van der Waals surface area contributed by atoms with E-state index >= 15 is 0 Å². The summed E-state index contributed by atoms with van der Waals surface area (Å²) in [7, 11) is 0.373. The summed E-state index contributed by atoms with van der Waals surface area (Å²) in [6.45, 7) is 10.7. The Bertz CT molecular complexity index is 1370. The van der Waals surface area contributed by atoms with Gasteiger partial charge in [-0.05, 0) is 42.0 Å². The molecule has 1 saturated heterocycles. The van der Waals surface area contributed by atoms with E-state index in [1.165, 1.54) is 4.90 Å². The minimum absolute atomic E-state index is 0.0139. The molecule has 0 spiro atoms. The average molecular weight is 598 g/mol. The molecule has 2 aliphatic rings. The van der Waals surface area contributed by atoms with Crippen LogP contribution in [0.15, 0.2) is 30.3 Å². The number of esters is 2. The number of nitrogens with one attached hydrogen (secondary N) is 1. The van der Waals surface area contributed by atoms with Crippen LogP contribution in [-0.4, -0.2) is 79.9 Å². The summed E-state index contributed by atoms with van der Waals surface area (Å²) in [4.78, 5) is 53.5. The van der Waals surface area contributed by atoms with Crippen molar-refractivity contribution in [1.82, 2.24) is 14.8 Å². The maximum atomic E-state index is 13.4. The van der Waals surface area contributed by atoms with Gasteiger partial charge in [0.15, 0.2) is 0 Å². The molecule has 11 heteroatoms. The Morgan fingerprint density at radius 1 is 1.19 bits per heavy atom. The molecule has 42 heavy (non-hydrogen) atoms. The van der Waals surface area contributed by atoms with Crippen LogP contribution >= 0.6 is 0 Å². The van der Waals surface area contributed by atoms with E-state index in [0.717, 1.165) is 35.4 Å². The standard InChI is InChI=1S/C31H43N3O7Si/c1-31(2)13-8-7-10-21-11-9-12-24-23(21)17-25(33(24)3)29(37)41-22-16-26(28(36)39-14-15-42(4,5)6)34(19-22)27(35)18-32-30(38)40-20-31/h7,9-12,17,22,26H,8,13-16,18-20H2,1-6H3,(H,32,38)/t22-,26+/m1/s1. The van der Waals surface area contributed by atoms with Crippen LogP contribution in [-0.2, 0) is 30.8 Å². The number of allylic oxidation sites excluding steroid dienone is 1. The average Bonchev–Trinajstić information content (AvgIpc) is 3.49. The molecule has 0 unspecified atom stereocenters. The largest absolute Gasteiger partial charge is 0.464 e. The van der Waals surface area contributed by atoms with Crippen LogP contribution < -0.4 is 5.32 Å². The van der Waals surface area contributed by atoms with Crippen molar-refractivity contribution in [3.8, 4) is 0 Å². The summed E-state index contributed by atoms with van der Waals surface area (Å²) in [6, 6.07) is 7.58. The van der Waals surface area contributed by atoms with Gasteiger partial charge in [-0.15, -0.1) is 0 Å². The second-order valence-corrected chi connectivity index (χ2v) is 18.8. The van der Waals surface area contributed by atoms with E-state index in [9.17, 15) is 19.2 Å². The zero-order valence-electron chi connectivity index (χ0n) is 25.5. The number of hydrogen-bond acceptors (Lipinski definition) is 7. The molecule has 2 aromatic rings. The van der Waals surface area contributed by atoms with Gasteiger partial charge in [-0.2, -0.15) is 0 Å². The fourth-order valence-corrected chi connectivity index (χ4v) is 5.90. The molecule has 10 nitrogen and oxygen atoms in total. The van der Waals surface area contributed by atoms with Crippen LogP contribution in [0.25, 0.3) is 17.0 Å². The molecule has 2 amide bonds. The van der Waals surface area contributed by atoms with Crippen molar-refractivity contribution in [3.63, 3.8) is 0 Å². The first-order valence-corrected chi connectivity index (χ1v) is 18.3. The number of carbonyl (C=O) groups excluding carboxylic acids is 4. The lowest BCUT2D eigenvalue weighted by Gasteiger charge is -2.25. The van der Waals surface area contributed by atoms with Gasteiger partial charge in [0.1, 0.15) is 24.4 Å². The number of alkyl carbamates (subject to hydrolysis) is 1. The molecule has 0 aliphatic carbocycles. The van der Waals surface area contributed by atoms with Crippen LogP contribution in [0, 0.1) is 5.41 Å². The summed E-state index contributed by atoms with van der Waals surface area (Å²) in [5, 5.41) is 3.42. The molecule has 1 N–H and O–H groups in total. The molecule has 2 atom stereocenters. The Hall–Kier alpha value is -3.60. The lowest BCUT2D eigenvalue weighted by Crippen LogP contribution is -2.46. The van der Waals surface area contributed by atoms with E-state index in [1.807, 2.05) is 51.2 Å². The van der Waals surface area contributed by atoms with Gasteiger partial charge in [0.05, 0.1) is 19.8 Å². The number of amides is 2. The molecule has 228 valence electrons. The van der Waals surface area contributed by atoms with Crippen molar-refractivity contribution in [2.75, 3.05) is 26.3 Å². The number of carbonyl (C=O) groups is 4. The molecule has 0 saturated carbocycles. The summed E-state index contributed by atoms with van der Waals surface area (Å²) in [6.07, 6.45) is 4.34. The quantitative estimate of drug-likeness (QED) is 0.307. The molecule has 1 aromatic heterocycles. The van der Waals surface area contributed by atoms with Crippen LogP contribution in [0.2, 0.25) is 25.7 Å². The van der Waals surface area contributed by atoms with Crippen molar-refractivity contribution < 1.29 is 33.4 Å². The number of fused-ring (bicyclic) bond motifs is 3. The topological polar surface area (TPSA) is 116 Å². The maximum absolute atomic E-state index is 13.4. The number of hydrogen-bond donors (Lipinski definition) is 1. The van der Waals surface area contributed by atoms with E-state index in [4.69, 9.17) is 14.2 Å². The second kappa shape index (κ2) is 12.7. The van der Waals surface area contributed by atoms with E-state index in [-0.39, 0.29) is 38.1 Å². The predicted molar refractivity (Wildman–Crippen MR) is 163 cm³/mol. The Labute approximate surface area is 248 Å². The van der Waals surface area contributed by atoms with Gasteiger partial charge in [-0.3, -0.25) is 4.79 Å². The first-order valence-electron chi connectivity index (χ1n) is 14.6. The fourth-order valence-electron chi connectivity index (χ4n) is 5.19. The van der Waals surface area contributed by atoms with Crippen LogP contribution in [0.1, 0.15) is 49.2 Å². The summed E-state index contributed by atoms with van der Waals surface area (Å²) < 4.78 is 18.6. The number of aromatic nitrogens is 1. The molecule has 3 heterocycles. The minimum atomic E-state index is -1.44. The monoisotopic (exact) mass is 597 g/mol. The number of rotatable bonds is 4. The lowest BCUT2D eigenvalue weighted by atomic mass is 9.88. The normalized spacial score (nSPS) is 22.0. The zero-order chi connectivity index (χ0) is 30.7. The van der Waals surface area contributed by atoms with E-state index < -0.39 is 44.2 Å². The molecular formula is C31H43N3O7Si. The lowest BCUT2D eigenvalue weighted by molar-refractivity contribution is -0.152. The van der Waals surface area contributed by atoms with E-state index in [1.54, 1.807) is 4.57 Å². The zero-order valence-corrected chi connectivity index (χ0v) is 26.5. The number of ether oxygens (including phenoxy) is 3. The molecular weight excluding hydrogens is 554 g/mol. The molecule has 1 fully saturated rings. The number of cyclic esters (lactones) is 1. The van der Waals surface area contributed by atoms with Gasteiger partial charge in [0, 0.05) is 32.4 Å². The van der Waals surface area contributed by atoms with Gasteiger partial charge >= 0.3 is 18.0 Å². The molecule has 0 radical (unpaired) electrons. The van der Waals surface area contributed by atoms with Crippen LogP contribution in [0.3, 0.4) is 0 Å². The van der Waals surface area contributed by atoms with E-state index in [2.05, 4.69) is 31.0 Å². The minimum Gasteiger partial charge on any atom is -0.464 e. The first kappa shape index (κ1) is 31.3. The van der Waals surface area contributed by atoms with Gasteiger partial charge < -0.3 is 29.0 Å². The molecule has 4 rings (SSSR count). The van der Waals surface area contributed by atoms with Gasteiger partial charge in [-0.25, -0.2) is 14.4 Å². The molecule has 4 bridgehead atoms. The van der Waals surface area contributed by atoms with Crippen molar-refractivity contribution in [1.29, 1.82) is 0 Å². The van der Waals surface area contributed by atoms with E-state index in [0.29, 0.717) is 5.69 Å². The SMILES string of the molecule is Cn1c2cc3c(cccc31)C=CCCC(C)(C)COC(=O)NCC(=O)N1C[C@@H](C[C@H]1C(=O)OCC[Si](C)(C)C)OC2=O. The highest BCUT2D eigenvalue weighted by molar-refractivity contribution is 6.76. The van der Waals surface area contributed by atoms with Gasteiger partial charge in [0.25, 0.3) is 0 Å². The van der Waals surface area contributed by atoms with Crippen LogP contribution in [0.4, 0.5) is 4.79 Å². The molecule has 2 aliphatic heterocycles. The van der Waals surface area contributed by atoms with Crippen molar-refractivity contribution >= 4 is 49.0 Å². The third-order valence-electron chi connectivity index (χ3n) is 7.82.